The molecule has 44 heavy (non-hydrogen) atoms. The van der Waals surface area contributed by atoms with Crippen LogP contribution in [-0.4, -0.2) is 35.5 Å². The molecule has 3 aromatic heterocycles. The van der Waals surface area contributed by atoms with Crippen molar-refractivity contribution < 1.29 is 60.9 Å². The number of ether oxygens (including phenoxy) is 1. The van der Waals surface area contributed by atoms with Crippen molar-refractivity contribution in [3.05, 3.63) is 106 Å². The molecule has 1 aliphatic rings. The van der Waals surface area contributed by atoms with Crippen molar-refractivity contribution in [2.75, 3.05) is 0 Å². The number of halogens is 1. The van der Waals surface area contributed by atoms with Crippen molar-refractivity contribution in [1.82, 2.24) is 34.7 Å². The van der Waals surface area contributed by atoms with Gasteiger partial charge in [-0.1, -0.05) is 61.3 Å². The Morgan fingerprint density at radius 1 is 1.05 bits per heavy atom. The number of rotatable bonds is 9. The van der Waals surface area contributed by atoms with Crippen LogP contribution in [0.4, 0.5) is 0 Å². The largest absolute Gasteiger partial charge is 1.00 e. The summed E-state index contributed by atoms with van der Waals surface area (Å²) < 4.78 is 9.91. The molecule has 0 amide bonds. The fourth-order valence-electron chi connectivity index (χ4n) is 6.00. The van der Waals surface area contributed by atoms with E-state index >= 15 is 0 Å². The van der Waals surface area contributed by atoms with Crippen LogP contribution in [0.2, 0.25) is 5.15 Å². The maximum absolute atomic E-state index is 13.6. The number of fused-ring (bicyclic) bond motifs is 2. The molecule has 0 radical (unpaired) electrons. The Bertz CT molecular complexity index is 1950. The zero-order valence-electron chi connectivity index (χ0n) is 24.7. The predicted octanol–water partition coefficient (Wildman–Crippen LogP) is 3.39. The monoisotopic (exact) mass is 629 g/mol. The van der Waals surface area contributed by atoms with Crippen LogP contribution in [0.3, 0.4) is 0 Å². The summed E-state index contributed by atoms with van der Waals surface area (Å²) in [6, 6.07) is 22.0. The SMILES string of the molecule is CCCCc1nc(Cl)c(C(=O)Oc2ccc3c(c2)CCC3)n1Cc1cccc2c1ccn2-c1ccccc1-c1nn[n-]n1.[K+]. The zero-order chi connectivity index (χ0) is 29.3. The average Bonchev–Trinajstić information content (AvgIpc) is 3.83. The van der Waals surface area contributed by atoms with Crippen LogP contribution in [-0.2, 0) is 25.8 Å². The van der Waals surface area contributed by atoms with Gasteiger partial charge in [-0.2, -0.15) is 0 Å². The number of hydrogen-bond acceptors (Lipinski definition) is 6. The first kappa shape index (κ1) is 30.9. The number of aromatic nitrogens is 7. The number of unbranched alkanes of at least 4 members (excludes halogenated alkanes) is 1. The maximum Gasteiger partial charge on any atom is 1.00 e. The maximum atomic E-state index is 13.6. The van der Waals surface area contributed by atoms with Crippen molar-refractivity contribution in [3.63, 3.8) is 0 Å². The van der Waals surface area contributed by atoms with Crippen LogP contribution in [0, 0.1) is 0 Å². The Kier molecular flexibility index (Phi) is 9.46. The van der Waals surface area contributed by atoms with E-state index in [9.17, 15) is 4.79 Å². The Labute approximate surface area is 302 Å². The minimum Gasteiger partial charge on any atom is -0.422 e. The number of aryl methyl sites for hydroxylation is 3. The molecule has 3 aromatic carbocycles. The molecular weight excluding hydrogens is 601 g/mol. The van der Waals surface area contributed by atoms with Crippen molar-refractivity contribution in [2.24, 2.45) is 0 Å². The predicted molar refractivity (Wildman–Crippen MR) is 164 cm³/mol. The molecular formula is C33H29ClKN7O2. The fraction of sp³-hybridized carbons (Fsp3) is 0.242. The molecule has 11 heteroatoms. The van der Waals surface area contributed by atoms with Gasteiger partial charge in [0.2, 0.25) is 0 Å². The molecule has 0 saturated heterocycles. The Balaban J connectivity index is 0.00000343. The number of hydrogen-bond donors (Lipinski definition) is 0. The molecule has 6 aromatic rings. The van der Waals surface area contributed by atoms with Gasteiger partial charge in [0.15, 0.2) is 10.8 Å². The summed E-state index contributed by atoms with van der Waals surface area (Å²) >= 11 is 6.66. The van der Waals surface area contributed by atoms with Gasteiger partial charge in [0, 0.05) is 23.6 Å². The Hall–Kier alpha value is -3.12. The first-order valence-electron chi connectivity index (χ1n) is 14.6. The summed E-state index contributed by atoms with van der Waals surface area (Å²) in [5.74, 6) is 1.26. The van der Waals surface area contributed by atoms with E-state index in [1.165, 1.54) is 11.1 Å². The number of tetrazole rings is 1. The molecule has 0 aliphatic heterocycles. The summed E-state index contributed by atoms with van der Waals surface area (Å²) in [5.41, 5.74) is 6.60. The molecule has 216 valence electrons. The van der Waals surface area contributed by atoms with E-state index in [0.717, 1.165) is 65.6 Å². The van der Waals surface area contributed by atoms with E-state index in [1.54, 1.807) is 0 Å². The average molecular weight is 630 g/mol. The summed E-state index contributed by atoms with van der Waals surface area (Å²) in [6.45, 7) is 2.54. The molecule has 0 fully saturated rings. The van der Waals surface area contributed by atoms with Gasteiger partial charge in [-0.3, -0.25) is 10.4 Å². The number of imidazole rings is 1. The number of carbonyl (C=O) groups is 1. The van der Waals surface area contributed by atoms with Gasteiger partial charge in [-0.25, -0.2) is 14.9 Å². The summed E-state index contributed by atoms with van der Waals surface area (Å²) in [6.07, 6.45) is 7.85. The third kappa shape index (κ3) is 5.94. The Morgan fingerprint density at radius 3 is 2.75 bits per heavy atom. The van der Waals surface area contributed by atoms with E-state index in [4.69, 9.17) is 16.3 Å². The zero-order valence-corrected chi connectivity index (χ0v) is 28.6. The normalized spacial score (nSPS) is 12.3. The van der Waals surface area contributed by atoms with Crippen LogP contribution in [0.1, 0.15) is 59.2 Å². The second-order valence-electron chi connectivity index (χ2n) is 10.8. The minimum absolute atomic E-state index is 0. The second-order valence-corrected chi connectivity index (χ2v) is 11.1. The third-order valence-electron chi connectivity index (χ3n) is 8.11. The molecule has 7 rings (SSSR count). The molecule has 0 bridgehead atoms. The third-order valence-corrected chi connectivity index (χ3v) is 8.37. The number of carbonyl (C=O) groups excluding carboxylic acids is 1. The van der Waals surface area contributed by atoms with Gasteiger partial charge in [-0.15, -0.1) is 0 Å². The van der Waals surface area contributed by atoms with Crippen LogP contribution >= 0.6 is 11.6 Å². The summed E-state index contributed by atoms with van der Waals surface area (Å²) in [5, 5.41) is 16.7. The Morgan fingerprint density at radius 2 is 1.91 bits per heavy atom. The molecule has 9 nitrogen and oxygen atoms in total. The van der Waals surface area contributed by atoms with E-state index in [0.29, 0.717) is 24.5 Å². The van der Waals surface area contributed by atoms with Crippen LogP contribution in [0.15, 0.2) is 72.9 Å². The second kappa shape index (κ2) is 13.5. The summed E-state index contributed by atoms with van der Waals surface area (Å²) in [4.78, 5) is 18.3. The number of benzene rings is 3. The first-order chi connectivity index (χ1) is 21.1. The van der Waals surface area contributed by atoms with Crippen molar-refractivity contribution in [1.29, 1.82) is 0 Å². The van der Waals surface area contributed by atoms with Crippen molar-refractivity contribution in [3.8, 4) is 22.8 Å². The van der Waals surface area contributed by atoms with Gasteiger partial charge in [0.25, 0.3) is 0 Å². The van der Waals surface area contributed by atoms with Gasteiger partial charge in [0.05, 0.1) is 23.6 Å². The number of esters is 1. The van der Waals surface area contributed by atoms with Gasteiger partial charge >= 0.3 is 57.4 Å². The molecule has 0 saturated carbocycles. The molecule has 0 atom stereocenters. The number of para-hydroxylation sites is 1. The molecule has 0 spiro atoms. The van der Waals surface area contributed by atoms with E-state index < -0.39 is 5.97 Å². The summed E-state index contributed by atoms with van der Waals surface area (Å²) in [7, 11) is 0. The van der Waals surface area contributed by atoms with Gasteiger partial charge < -0.3 is 19.0 Å². The standard InChI is InChI=1S/C33H29ClN7O2.K/c1-2-3-14-29-35-31(34)30(33(42)43-24-16-15-21-8-6-9-22(21)19-24)41(29)20-23-10-7-13-27-25(23)17-18-40(27)28-12-5-4-11-26(28)32-36-38-39-37-32;/h4-5,7,10-13,15-19H,2-3,6,8-9,14,20H2,1H3;/q-1;+1. The number of nitrogens with zero attached hydrogens (tertiary/aromatic N) is 7. The molecule has 0 unspecified atom stereocenters. The topological polar surface area (TPSA) is 102 Å². The minimum atomic E-state index is -0.506. The van der Waals surface area contributed by atoms with E-state index in [1.807, 2.05) is 53.2 Å². The van der Waals surface area contributed by atoms with Gasteiger partial charge in [-0.05, 0) is 72.7 Å². The molecule has 0 N–H and O–H groups in total. The van der Waals surface area contributed by atoms with E-state index in [-0.39, 0.29) is 62.2 Å². The molecule has 1 aliphatic carbocycles. The smallest absolute Gasteiger partial charge is 0.422 e. The van der Waals surface area contributed by atoms with Gasteiger partial charge in [0.1, 0.15) is 11.6 Å². The van der Waals surface area contributed by atoms with Crippen LogP contribution < -0.4 is 61.3 Å². The van der Waals surface area contributed by atoms with Crippen LogP contribution in [0.5, 0.6) is 5.75 Å². The molecule has 3 heterocycles. The fourth-order valence-corrected chi connectivity index (χ4v) is 6.28. The quantitative estimate of drug-likeness (QED) is 0.137. The first-order valence-corrected chi connectivity index (χ1v) is 14.9. The van der Waals surface area contributed by atoms with Crippen molar-refractivity contribution in [2.45, 2.75) is 52.0 Å². The van der Waals surface area contributed by atoms with Crippen molar-refractivity contribution >= 4 is 28.5 Å². The van der Waals surface area contributed by atoms with E-state index in [2.05, 4.69) is 61.4 Å². The van der Waals surface area contributed by atoms with Crippen LogP contribution in [0.25, 0.3) is 28.0 Å².